The second-order valence-corrected chi connectivity index (χ2v) is 8.45. The molecule has 0 aromatic heterocycles. The Hall–Kier alpha value is -1.69. The Bertz CT molecular complexity index is 610. The third-order valence-electron chi connectivity index (χ3n) is 4.38. The largest absolute Gasteiger partial charge is 0.338 e. The fraction of sp³-hybridized carbons (Fsp3) is 0.579. The zero-order chi connectivity index (χ0) is 18.6. The van der Waals surface area contributed by atoms with Gasteiger partial charge < -0.3 is 15.1 Å². The van der Waals surface area contributed by atoms with Crippen LogP contribution in [0.1, 0.15) is 44.2 Å². The average molecular weight is 364 g/mol. The first-order valence-corrected chi connectivity index (χ1v) is 9.79. The lowest BCUT2D eigenvalue weighted by Gasteiger charge is -2.27. The normalized spacial score (nSPS) is 17.7. The Morgan fingerprint density at radius 2 is 1.96 bits per heavy atom. The number of urea groups is 1. The summed E-state index contributed by atoms with van der Waals surface area (Å²) >= 11 is 1.65. The highest BCUT2D eigenvalue weighted by Crippen LogP contribution is 2.39. The van der Waals surface area contributed by atoms with Crippen molar-refractivity contribution in [2.24, 2.45) is 0 Å². The molecule has 138 valence electrons. The summed E-state index contributed by atoms with van der Waals surface area (Å²) in [6, 6.07) is 8.44. The molecule has 2 rings (SSSR count). The third-order valence-corrected chi connectivity index (χ3v) is 5.64. The first-order valence-electron chi connectivity index (χ1n) is 8.74. The lowest BCUT2D eigenvalue weighted by atomic mass is 9.87. The van der Waals surface area contributed by atoms with Crippen LogP contribution in [0.25, 0.3) is 0 Å². The van der Waals surface area contributed by atoms with Crippen molar-refractivity contribution in [3.05, 3.63) is 35.4 Å². The summed E-state index contributed by atoms with van der Waals surface area (Å²) in [5.41, 5.74) is 2.55. The van der Waals surface area contributed by atoms with Gasteiger partial charge in [0.15, 0.2) is 0 Å². The fourth-order valence-electron chi connectivity index (χ4n) is 2.77. The number of benzene rings is 1. The number of likely N-dealkylation sites (N-methyl/N-ethyl adjacent to an activating group) is 1. The van der Waals surface area contributed by atoms with Gasteiger partial charge in [0.05, 0.1) is 5.75 Å². The highest BCUT2D eigenvalue weighted by molar-refractivity contribution is 8.00. The van der Waals surface area contributed by atoms with Crippen molar-refractivity contribution in [2.45, 2.75) is 38.5 Å². The highest BCUT2D eigenvalue weighted by atomic mass is 32.2. The maximum absolute atomic E-state index is 12.3. The van der Waals surface area contributed by atoms with Gasteiger partial charge in [-0.15, -0.1) is 11.8 Å². The van der Waals surface area contributed by atoms with Crippen LogP contribution < -0.4 is 5.32 Å². The van der Waals surface area contributed by atoms with Gasteiger partial charge in [0.25, 0.3) is 0 Å². The molecular formula is C19H29N3O2S. The molecule has 1 saturated heterocycles. The smallest absolute Gasteiger partial charge is 0.317 e. The molecule has 0 bridgehead atoms. The van der Waals surface area contributed by atoms with Crippen LogP contribution >= 0.6 is 11.8 Å². The van der Waals surface area contributed by atoms with Crippen LogP contribution in [-0.2, 0) is 10.2 Å². The summed E-state index contributed by atoms with van der Waals surface area (Å²) in [6.07, 6.45) is 0. The van der Waals surface area contributed by atoms with E-state index in [4.69, 9.17) is 0 Å². The maximum atomic E-state index is 12.3. The molecule has 1 atom stereocenters. The van der Waals surface area contributed by atoms with E-state index in [1.807, 2.05) is 11.8 Å². The predicted molar refractivity (Wildman–Crippen MR) is 104 cm³/mol. The summed E-state index contributed by atoms with van der Waals surface area (Å²) in [5.74, 6) is 0.635. The Kier molecular flexibility index (Phi) is 6.38. The van der Waals surface area contributed by atoms with Crippen molar-refractivity contribution in [1.29, 1.82) is 0 Å². The SMILES string of the molecule is CCNC(=O)N(C)CCN1C(=O)CS[C@H]1c1ccc(C(C)(C)C)cc1. The number of carbonyl (C=O) groups excluding carboxylic acids is 2. The Labute approximate surface area is 155 Å². The number of amides is 3. The average Bonchev–Trinajstić information content (AvgIpc) is 2.93. The summed E-state index contributed by atoms with van der Waals surface area (Å²) in [6.45, 7) is 10.1. The van der Waals surface area contributed by atoms with E-state index in [0.29, 0.717) is 25.4 Å². The van der Waals surface area contributed by atoms with E-state index in [-0.39, 0.29) is 22.7 Å². The van der Waals surface area contributed by atoms with E-state index in [2.05, 4.69) is 50.4 Å². The van der Waals surface area contributed by atoms with Crippen LogP contribution in [0.3, 0.4) is 0 Å². The zero-order valence-corrected chi connectivity index (χ0v) is 16.7. The first kappa shape index (κ1) is 19.6. The minimum atomic E-state index is -0.104. The van der Waals surface area contributed by atoms with E-state index in [1.54, 1.807) is 23.7 Å². The van der Waals surface area contributed by atoms with Crippen molar-refractivity contribution in [1.82, 2.24) is 15.1 Å². The number of carbonyl (C=O) groups is 2. The molecule has 1 aromatic carbocycles. The number of nitrogens with zero attached hydrogens (tertiary/aromatic N) is 2. The summed E-state index contributed by atoms with van der Waals surface area (Å²) in [4.78, 5) is 27.6. The van der Waals surface area contributed by atoms with E-state index >= 15 is 0 Å². The van der Waals surface area contributed by atoms with Crippen LogP contribution in [0.15, 0.2) is 24.3 Å². The molecule has 5 nitrogen and oxygen atoms in total. The Morgan fingerprint density at radius 3 is 2.52 bits per heavy atom. The van der Waals surface area contributed by atoms with Crippen LogP contribution in [0.4, 0.5) is 4.79 Å². The van der Waals surface area contributed by atoms with Crippen LogP contribution in [0.5, 0.6) is 0 Å². The van der Waals surface area contributed by atoms with Gasteiger partial charge in [0.1, 0.15) is 5.37 Å². The lowest BCUT2D eigenvalue weighted by molar-refractivity contribution is -0.128. The first-order chi connectivity index (χ1) is 11.7. The molecule has 0 spiro atoms. The third kappa shape index (κ3) is 4.91. The molecule has 1 aliphatic heterocycles. The Morgan fingerprint density at radius 1 is 1.32 bits per heavy atom. The van der Waals surface area contributed by atoms with E-state index < -0.39 is 0 Å². The standard InChI is InChI=1S/C19H29N3O2S/c1-6-20-18(24)21(5)11-12-22-16(23)13-25-17(22)14-7-9-15(10-8-14)19(2,3)4/h7-10,17H,6,11-13H2,1-5H3,(H,20,24)/t17-/m0/s1. The van der Waals surface area contributed by atoms with Gasteiger partial charge >= 0.3 is 6.03 Å². The fourth-order valence-corrected chi connectivity index (χ4v) is 3.98. The molecule has 0 radical (unpaired) electrons. The lowest BCUT2D eigenvalue weighted by Crippen LogP contribution is -2.42. The van der Waals surface area contributed by atoms with E-state index in [0.717, 1.165) is 5.56 Å². The minimum absolute atomic E-state index is 0.0316. The van der Waals surface area contributed by atoms with Crippen molar-refractivity contribution in [3.8, 4) is 0 Å². The number of rotatable bonds is 5. The molecular weight excluding hydrogens is 334 g/mol. The predicted octanol–water partition coefficient (Wildman–Crippen LogP) is 3.22. The molecule has 1 aliphatic rings. The van der Waals surface area contributed by atoms with Gasteiger partial charge in [-0.25, -0.2) is 4.79 Å². The number of nitrogens with one attached hydrogen (secondary N) is 1. The molecule has 1 aromatic rings. The second kappa shape index (κ2) is 8.13. The number of thioether (sulfide) groups is 1. The molecule has 3 amide bonds. The van der Waals surface area contributed by atoms with Crippen molar-refractivity contribution in [3.63, 3.8) is 0 Å². The summed E-state index contributed by atoms with van der Waals surface area (Å²) in [5, 5.41) is 2.81. The highest BCUT2D eigenvalue weighted by Gasteiger charge is 2.33. The van der Waals surface area contributed by atoms with Crippen LogP contribution in [0.2, 0.25) is 0 Å². The van der Waals surface area contributed by atoms with Crippen LogP contribution in [-0.4, -0.2) is 54.2 Å². The Balaban J connectivity index is 2.05. The van der Waals surface area contributed by atoms with Gasteiger partial charge in [0, 0.05) is 26.7 Å². The summed E-state index contributed by atoms with van der Waals surface area (Å²) < 4.78 is 0. The molecule has 1 fully saturated rings. The van der Waals surface area contributed by atoms with Gasteiger partial charge in [-0.2, -0.15) is 0 Å². The molecule has 25 heavy (non-hydrogen) atoms. The van der Waals surface area contributed by atoms with E-state index in [9.17, 15) is 9.59 Å². The van der Waals surface area contributed by atoms with Crippen LogP contribution in [0, 0.1) is 0 Å². The molecule has 0 saturated carbocycles. The number of hydrogen-bond acceptors (Lipinski definition) is 3. The maximum Gasteiger partial charge on any atom is 0.317 e. The van der Waals surface area contributed by atoms with Gasteiger partial charge in [-0.3, -0.25) is 4.79 Å². The minimum Gasteiger partial charge on any atom is -0.338 e. The van der Waals surface area contributed by atoms with E-state index in [1.165, 1.54) is 5.56 Å². The quantitative estimate of drug-likeness (QED) is 0.874. The van der Waals surface area contributed by atoms with Crippen molar-refractivity contribution < 1.29 is 9.59 Å². The van der Waals surface area contributed by atoms with Gasteiger partial charge in [-0.05, 0) is 23.5 Å². The molecule has 6 heteroatoms. The van der Waals surface area contributed by atoms with Gasteiger partial charge in [0.2, 0.25) is 5.91 Å². The molecule has 1 N–H and O–H groups in total. The van der Waals surface area contributed by atoms with Crippen molar-refractivity contribution in [2.75, 3.05) is 32.4 Å². The summed E-state index contributed by atoms with van der Waals surface area (Å²) in [7, 11) is 1.76. The zero-order valence-electron chi connectivity index (χ0n) is 15.8. The monoisotopic (exact) mass is 363 g/mol. The molecule has 1 heterocycles. The molecule has 0 aliphatic carbocycles. The number of hydrogen-bond donors (Lipinski definition) is 1. The molecule has 0 unspecified atom stereocenters. The van der Waals surface area contributed by atoms with Crippen molar-refractivity contribution >= 4 is 23.7 Å². The van der Waals surface area contributed by atoms with Gasteiger partial charge in [-0.1, -0.05) is 45.0 Å². The second-order valence-electron chi connectivity index (χ2n) is 7.38. The topological polar surface area (TPSA) is 52.7 Å².